The van der Waals surface area contributed by atoms with Crippen LogP contribution in [0.2, 0.25) is 0 Å². The van der Waals surface area contributed by atoms with Crippen LogP contribution in [0.4, 0.5) is 5.82 Å². The zero-order chi connectivity index (χ0) is 12.3. The summed E-state index contributed by atoms with van der Waals surface area (Å²) in [5.41, 5.74) is 4.33. The Balaban J connectivity index is 2.42. The highest BCUT2D eigenvalue weighted by Crippen LogP contribution is 2.19. The van der Waals surface area contributed by atoms with E-state index in [2.05, 4.69) is 20.5 Å². The quantitative estimate of drug-likeness (QED) is 0.623. The van der Waals surface area contributed by atoms with Gasteiger partial charge in [-0.05, 0) is 6.26 Å². The van der Waals surface area contributed by atoms with Crippen LogP contribution in [-0.4, -0.2) is 26.0 Å². The summed E-state index contributed by atoms with van der Waals surface area (Å²) in [5.74, 6) is 7.52. The zero-order valence-corrected chi connectivity index (χ0v) is 10.5. The van der Waals surface area contributed by atoms with Gasteiger partial charge < -0.3 is 5.43 Å². The number of hydrazine groups is 1. The minimum absolute atomic E-state index is 0.614. The van der Waals surface area contributed by atoms with Crippen molar-refractivity contribution in [1.82, 2.24) is 19.7 Å². The minimum atomic E-state index is 0.614. The number of thioether (sulfide) groups is 1. The fourth-order valence-corrected chi connectivity index (χ4v) is 1.85. The van der Waals surface area contributed by atoms with Gasteiger partial charge in [0.2, 0.25) is 0 Å². The Hall–Kier alpha value is -1.60. The molecule has 0 saturated carbocycles. The van der Waals surface area contributed by atoms with Crippen LogP contribution in [-0.2, 0) is 12.8 Å². The van der Waals surface area contributed by atoms with Crippen LogP contribution < -0.4 is 11.3 Å². The number of anilines is 1. The average Bonchev–Trinajstić information content (AvgIpc) is 2.76. The number of nitrogens with two attached hydrogens (primary N) is 1. The molecule has 0 aromatic carbocycles. The van der Waals surface area contributed by atoms with Gasteiger partial charge in [-0.15, -0.1) is 0 Å². The Labute approximate surface area is 104 Å². The second-order valence-electron chi connectivity index (χ2n) is 3.53. The van der Waals surface area contributed by atoms with Crippen LogP contribution in [0.5, 0.6) is 0 Å². The maximum absolute atomic E-state index is 5.40. The van der Waals surface area contributed by atoms with Crippen molar-refractivity contribution in [3.8, 4) is 11.3 Å². The van der Waals surface area contributed by atoms with Gasteiger partial charge >= 0.3 is 0 Å². The predicted octanol–water partition coefficient (Wildman–Crippen LogP) is 1.03. The third-order valence-electron chi connectivity index (χ3n) is 2.19. The monoisotopic (exact) mass is 250 g/mol. The van der Waals surface area contributed by atoms with E-state index >= 15 is 0 Å². The van der Waals surface area contributed by atoms with E-state index in [1.54, 1.807) is 28.7 Å². The second-order valence-corrected chi connectivity index (χ2v) is 4.40. The van der Waals surface area contributed by atoms with Crippen molar-refractivity contribution in [1.29, 1.82) is 0 Å². The molecule has 3 N–H and O–H groups in total. The molecule has 0 amide bonds. The molecule has 0 bridgehead atoms. The molecular formula is C10H14N6S. The van der Waals surface area contributed by atoms with Gasteiger partial charge in [0.1, 0.15) is 11.6 Å². The van der Waals surface area contributed by atoms with Crippen molar-refractivity contribution in [2.24, 2.45) is 12.9 Å². The number of nitrogen functional groups attached to an aromatic ring is 1. The highest BCUT2D eigenvalue weighted by atomic mass is 32.2. The van der Waals surface area contributed by atoms with Crippen molar-refractivity contribution >= 4 is 17.6 Å². The van der Waals surface area contributed by atoms with Crippen LogP contribution in [0.15, 0.2) is 18.5 Å². The van der Waals surface area contributed by atoms with Gasteiger partial charge in [0.15, 0.2) is 0 Å². The number of hydrogen-bond donors (Lipinski definition) is 2. The lowest BCUT2D eigenvalue weighted by Crippen LogP contribution is -2.10. The molecule has 0 spiro atoms. The van der Waals surface area contributed by atoms with Gasteiger partial charge in [-0.3, -0.25) is 4.68 Å². The third kappa shape index (κ3) is 2.75. The fourth-order valence-electron chi connectivity index (χ4n) is 1.47. The van der Waals surface area contributed by atoms with Crippen molar-refractivity contribution in [2.45, 2.75) is 5.75 Å². The molecule has 0 fully saturated rings. The molecule has 6 nitrogen and oxygen atoms in total. The van der Waals surface area contributed by atoms with Crippen molar-refractivity contribution in [3.05, 3.63) is 24.3 Å². The topological polar surface area (TPSA) is 81.6 Å². The first-order chi connectivity index (χ1) is 8.22. The SMILES string of the molecule is CSCc1nc(NN)cc(-c2cnn(C)c2)n1. The zero-order valence-electron chi connectivity index (χ0n) is 9.71. The molecule has 2 heterocycles. The molecule has 0 aliphatic heterocycles. The van der Waals surface area contributed by atoms with E-state index in [0.29, 0.717) is 5.82 Å². The van der Waals surface area contributed by atoms with Crippen molar-refractivity contribution in [2.75, 3.05) is 11.7 Å². The smallest absolute Gasteiger partial charge is 0.144 e. The Kier molecular flexibility index (Phi) is 3.60. The van der Waals surface area contributed by atoms with Crippen LogP contribution in [0, 0.1) is 0 Å². The van der Waals surface area contributed by atoms with Gasteiger partial charge in [0, 0.05) is 24.9 Å². The normalized spacial score (nSPS) is 10.5. The van der Waals surface area contributed by atoms with Crippen LogP contribution in [0.25, 0.3) is 11.3 Å². The van der Waals surface area contributed by atoms with Gasteiger partial charge in [-0.1, -0.05) is 0 Å². The Morgan fingerprint density at radius 2 is 2.29 bits per heavy atom. The van der Waals surface area contributed by atoms with Crippen molar-refractivity contribution in [3.63, 3.8) is 0 Å². The van der Waals surface area contributed by atoms with Gasteiger partial charge in [0.25, 0.3) is 0 Å². The molecule has 2 aromatic heterocycles. The average molecular weight is 250 g/mol. The van der Waals surface area contributed by atoms with E-state index < -0.39 is 0 Å². The number of nitrogens with one attached hydrogen (secondary N) is 1. The maximum atomic E-state index is 5.40. The first-order valence-electron chi connectivity index (χ1n) is 5.05. The number of nitrogens with zero attached hydrogens (tertiary/aromatic N) is 4. The molecule has 2 rings (SSSR count). The molecule has 7 heteroatoms. The Morgan fingerprint density at radius 1 is 1.47 bits per heavy atom. The summed E-state index contributed by atoms with van der Waals surface area (Å²) in [6.07, 6.45) is 5.69. The van der Waals surface area contributed by atoms with E-state index in [1.165, 1.54) is 0 Å². The lowest BCUT2D eigenvalue weighted by atomic mass is 10.2. The first-order valence-corrected chi connectivity index (χ1v) is 6.45. The second kappa shape index (κ2) is 5.15. The molecule has 0 atom stereocenters. The molecule has 0 radical (unpaired) electrons. The highest BCUT2D eigenvalue weighted by Gasteiger charge is 2.07. The van der Waals surface area contributed by atoms with Gasteiger partial charge in [-0.2, -0.15) is 16.9 Å². The summed E-state index contributed by atoms with van der Waals surface area (Å²) in [6.45, 7) is 0. The van der Waals surface area contributed by atoms with Crippen LogP contribution in [0.1, 0.15) is 5.82 Å². The van der Waals surface area contributed by atoms with E-state index in [1.807, 2.05) is 19.5 Å². The lowest BCUT2D eigenvalue weighted by Gasteiger charge is -2.05. The van der Waals surface area contributed by atoms with Gasteiger partial charge in [-0.25, -0.2) is 15.8 Å². The molecule has 2 aromatic rings. The summed E-state index contributed by atoms with van der Waals surface area (Å²) < 4.78 is 1.74. The van der Waals surface area contributed by atoms with Crippen LogP contribution in [0.3, 0.4) is 0 Å². The number of aromatic nitrogens is 4. The Bertz CT molecular complexity index is 509. The molecule has 0 saturated heterocycles. The van der Waals surface area contributed by atoms with E-state index in [4.69, 9.17) is 5.84 Å². The van der Waals surface area contributed by atoms with E-state index in [0.717, 1.165) is 22.8 Å². The maximum Gasteiger partial charge on any atom is 0.144 e. The molecule has 0 aliphatic rings. The molecule has 0 unspecified atom stereocenters. The van der Waals surface area contributed by atoms with Crippen LogP contribution >= 0.6 is 11.8 Å². The standard InChI is InChI=1S/C10H14N6S/c1-16-5-7(4-12-16)8-3-9(15-11)14-10(13-8)6-17-2/h3-5H,6,11H2,1-2H3,(H,13,14,15). The summed E-state index contributed by atoms with van der Waals surface area (Å²) in [7, 11) is 1.87. The summed E-state index contributed by atoms with van der Waals surface area (Å²) in [6, 6.07) is 1.81. The summed E-state index contributed by atoms with van der Waals surface area (Å²) in [4.78, 5) is 8.75. The lowest BCUT2D eigenvalue weighted by molar-refractivity contribution is 0.768. The molecule has 90 valence electrons. The van der Waals surface area contributed by atoms with Gasteiger partial charge in [0.05, 0.1) is 17.6 Å². The molecule has 17 heavy (non-hydrogen) atoms. The Morgan fingerprint density at radius 3 is 2.88 bits per heavy atom. The fraction of sp³-hybridized carbons (Fsp3) is 0.300. The minimum Gasteiger partial charge on any atom is -0.308 e. The van der Waals surface area contributed by atoms with E-state index in [9.17, 15) is 0 Å². The van der Waals surface area contributed by atoms with Crippen molar-refractivity contribution < 1.29 is 0 Å². The summed E-state index contributed by atoms with van der Waals surface area (Å²) >= 11 is 1.67. The highest BCUT2D eigenvalue weighted by molar-refractivity contribution is 7.97. The first kappa shape index (κ1) is 11.9. The largest absolute Gasteiger partial charge is 0.308 e. The number of hydrogen-bond acceptors (Lipinski definition) is 6. The predicted molar refractivity (Wildman–Crippen MR) is 69.3 cm³/mol. The summed E-state index contributed by atoms with van der Waals surface area (Å²) in [5, 5.41) is 4.12. The molecule has 0 aliphatic carbocycles. The third-order valence-corrected chi connectivity index (χ3v) is 2.74. The molecular weight excluding hydrogens is 236 g/mol. The number of rotatable bonds is 4. The van der Waals surface area contributed by atoms with E-state index in [-0.39, 0.29) is 0 Å². The number of aryl methyl sites for hydroxylation is 1.